The maximum atomic E-state index is 13.2. The van der Waals surface area contributed by atoms with Gasteiger partial charge in [0.25, 0.3) is 11.8 Å². The highest BCUT2D eigenvalue weighted by atomic mass is 32.2. The first-order valence-electron chi connectivity index (χ1n) is 11.1. The van der Waals surface area contributed by atoms with Gasteiger partial charge in [-0.1, -0.05) is 36.0 Å². The maximum Gasteiger partial charge on any atom is 0.289 e. The number of hydrogen-bond donors (Lipinski definition) is 3. The number of nitriles is 1. The molecule has 4 N–H and O–H groups in total. The molecule has 0 radical (unpaired) electrons. The number of ketones is 1. The molecular formula is C25H29N5O4S. The maximum absolute atomic E-state index is 13.2. The minimum Gasteiger partial charge on any atom is -0.353 e. The molecule has 35 heavy (non-hydrogen) atoms. The molecule has 0 heterocycles. The number of nitrogens with zero attached hydrogens (tertiary/aromatic N) is 2. The fourth-order valence-electron chi connectivity index (χ4n) is 3.27. The van der Waals surface area contributed by atoms with Crippen LogP contribution in [0.4, 0.5) is 0 Å². The van der Waals surface area contributed by atoms with Crippen molar-refractivity contribution < 1.29 is 19.2 Å². The fraction of sp³-hybridized carbons (Fsp3) is 0.320. The fourth-order valence-corrected chi connectivity index (χ4v) is 4.29. The lowest BCUT2D eigenvalue weighted by Crippen LogP contribution is -2.49. The van der Waals surface area contributed by atoms with E-state index in [1.807, 2.05) is 6.07 Å². The van der Waals surface area contributed by atoms with Crippen molar-refractivity contribution in [2.45, 2.75) is 35.1 Å². The third-order valence-electron chi connectivity index (χ3n) is 5.12. The summed E-state index contributed by atoms with van der Waals surface area (Å²) in [6, 6.07) is 15.2. The van der Waals surface area contributed by atoms with Crippen molar-refractivity contribution in [3.8, 4) is 6.07 Å². The van der Waals surface area contributed by atoms with Gasteiger partial charge >= 0.3 is 0 Å². The molecule has 0 saturated heterocycles. The number of nitrogens with one attached hydrogen (secondary N) is 2. The summed E-state index contributed by atoms with van der Waals surface area (Å²) in [5, 5.41) is 14.2. The number of carbonyl (C=O) groups excluding carboxylic acids is 4. The molecule has 2 rings (SSSR count). The number of rotatable bonds is 12. The van der Waals surface area contributed by atoms with Crippen molar-refractivity contribution >= 4 is 35.3 Å². The minimum absolute atomic E-state index is 0.268. The molecular weight excluding hydrogens is 466 g/mol. The summed E-state index contributed by atoms with van der Waals surface area (Å²) in [6.45, 7) is 0.128. The quantitative estimate of drug-likeness (QED) is 0.300. The average molecular weight is 496 g/mol. The standard InChI is InChI=1S/C25H29N5O4S/c1-28-24(33)23(32)19(11-7-8-14-26)29-22(31)16-30(2)25(34)18-10-4-6-13-21(18)35-20-12-5-3-9-17(20)15-27/h3-6,9-10,12-13,19H,7-8,11,14,16,26H2,1-2H3,(H,28,33)(H,29,31). The van der Waals surface area contributed by atoms with E-state index in [1.165, 1.54) is 30.8 Å². The molecule has 0 bridgehead atoms. The molecule has 1 atom stereocenters. The number of amides is 3. The Morgan fingerprint density at radius 3 is 2.37 bits per heavy atom. The van der Waals surface area contributed by atoms with Gasteiger partial charge in [0.1, 0.15) is 6.07 Å². The Labute approximate surface area is 209 Å². The van der Waals surface area contributed by atoms with Crippen molar-refractivity contribution in [3.05, 3.63) is 59.7 Å². The van der Waals surface area contributed by atoms with Crippen molar-refractivity contribution in [1.29, 1.82) is 5.26 Å². The van der Waals surface area contributed by atoms with Crippen LogP contribution in [0, 0.1) is 11.3 Å². The zero-order valence-electron chi connectivity index (χ0n) is 19.7. The van der Waals surface area contributed by atoms with Crippen LogP contribution in [0.1, 0.15) is 35.2 Å². The van der Waals surface area contributed by atoms with Crippen molar-refractivity contribution in [2.24, 2.45) is 5.73 Å². The summed E-state index contributed by atoms with van der Waals surface area (Å²) >= 11 is 1.29. The van der Waals surface area contributed by atoms with E-state index in [-0.39, 0.29) is 13.0 Å². The van der Waals surface area contributed by atoms with Crippen LogP contribution >= 0.6 is 11.8 Å². The summed E-state index contributed by atoms with van der Waals surface area (Å²) in [4.78, 5) is 52.5. The van der Waals surface area contributed by atoms with E-state index in [0.29, 0.717) is 40.3 Å². The molecule has 1 unspecified atom stereocenters. The lowest BCUT2D eigenvalue weighted by atomic mass is 10.0. The molecule has 10 heteroatoms. The van der Waals surface area contributed by atoms with Gasteiger partial charge in [-0.05, 0) is 50.1 Å². The van der Waals surface area contributed by atoms with Gasteiger partial charge in [-0.2, -0.15) is 5.26 Å². The Hall–Kier alpha value is -3.68. The second-order valence-corrected chi connectivity index (χ2v) is 8.80. The smallest absolute Gasteiger partial charge is 0.289 e. The molecule has 3 amide bonds. The summed E-state index contributed by atoms with van der Waals surface area (Å²) in [5.74, 6) is -2.49. The zero-order chi connectivity index (χ0) is 25.8. The average Bonchev–Trinajstić information content (AvgIpc) is 2.87. The number of benzene rings is 2. The van der Waals surface area contributed by atoms with Crippen molar-refractivity contribution in [2.75, 3.05) is 27.2 Å². The van der Waals surface area contributed by atoms with Gasteiger partial charge in [0.05, 0.1) is 23.7 Å². The van der Waals surface area contributed by atoms with E-state index in [0.717, 1.165) is 0 Å². The number of nitrogens with two attached hydrogens (primary N) is 1. The molecule has 0 aromatic heterocycles. The molecule has 0 aliphatic carbocycles. The summed E-state index contributed by atoms with van der Waals surface area (Å²) < 4.78 is 0. The Morgan fingerprint density at radius 1 is 1.06 bits per heavy atom. The predicted molar refractivity (Wildman–Crippen MR) is 133 cm³/mol. The van der Waals surface area contributed by atoms with E-state index in [9.17, 15) is 24.4 Å². The van der Waals surface area contributed by atoms with Crippen LogP contribution in [0.2, 0.25) is 0 Å². The van der Waals surface area contributed by atoms with Gasteiger partial charge in [0.15, 0.2) is 0 Å². The topological polar surface area (TPSA) is 145 Å². The van der Waals surface area contributed by atoms with Crippen molar-refractivity contribution in [1.82, 2.24) is 15.5 Å². The van der Waals surface area contributed by atoms with Gasteiger partial charge in [-0.25, -0.2) is 0 Å². The Bertz CT molecular complexity index is 1120. The number of unbranched alkanes of at least 4 members (excludes halogenated alkanes) is 1. The zero-order valence-corrected chi connectivity index (χ0v) is 20.6. The summed E-state index contributed by atoms with van der Waals surface area (Å²) in [5.41, 5.74) is 6.37. The minimum atomic E-state index is -0.997. The van der Waals surface area contributed by atoms with Crippen LogP contribution in [0.25, 0.3) is 0 Å². The third kappa shape index (κ3) is 7.95. The Kier molecular flexibility index (Phi) is 10.9. The van der Waals surface area contributed by atoms with E-state index in [2.05, 4.69) is 16.7 Å². The molecule has 2 aromatic rings. The van der Waals surface area contributed by atoms with Gasteiger partial charge in [0.2, 0.25) is 11.7 Å². The van der Waals surface area contributed by atoms with Crippen LogP contribution in [0.5, 0.6) is 0 Å². The van der Waals surface area contributed by atoms with Crippen LogP contribution < -0.4 is 16.4 Å². The summed E-state index contributed by atoms with van der Waals surface area (Å²) in [7, 11) is 2.83. The molecule has 0 fully saturated rings. The molecule has 184 valence electrons. The highest BCUT2D eigenvalue weighted by Gasteiger charge is 2.27. The normalized spacial score (nSPS) is 11.1. The SMILES string of the molecule is CNC(=O)C(=O)C(CCCCN)NC(=O)CN(C)C(=O)c1ccccc1Sc1ccccc1C#N. The molecule has 9 nitrogen and oxygen atoms in total. The summed E-state index contributed by atoms with van der Waals surface area (Å²) in [6.07, 6.45) is 1.48. The van der Waals surface area contributed by atoms with Crippen molar-refractivity contribution in [3.63, 3.8) is 0 Å². The number of hydrogen-bond acceptors (Lipinski definition) is 7. The van der Waals surface area contributed by atoms with Crippen LogP contribution in [0.3, 0.4) is 0 Å². The van der Waals surface area contributed by atoms with Crippen LogP contribution in [0.15, 0.2) is 58.3 Å². The molecule has 0 aliphatic heterocycles. The molecule has 0 saturated carbocycles. The predicted octanol–water partition coefficient (Wildman–Crippen LogP) is 1.71. The van der Waals surface area contributed by atoms with E-state index in [4.69, 9.17) is 5.73 Å². The highest BCUT2D eigenvalue weighted by molar-refractivity contribution is 7.99. The van der Waals surface area contributed by atoms with Gasteiger partial charge in [0, 0.05) is 23.9 Å². The van der Waals surface area contributed by atoms with Gasteiger partial charge < -0.3 is 21.3 Å². The molecule has 2 aromatic carbocycles. The molecule has 0 aliphatic rings. The monoisotopic (exact) mass is 495 g/mol. The Morgan fingerprint density at radius 2 is 1.71 bits per heavy atom. The van der Waals surface area contributed by atoms with E-state index in [1.54, 1.807) is 42.5 Å². The van der Waals surface area contributed by atoms with E-state index < -0.39 is 29.5 Å². The first-order valence-corrected chi connectivity index (χ1v) is 11.9. The van der Waals surface area contributed by atoms with Crippen LogP contribution in [-0.2, 0) is 14.4 Å². The van der Waals surface area contributed by atoms with Gasteiger partial charge in [-0.3, -0.25) is 19.2 Å². The number of likely N-dealkylation sites (N-methyl/N-ethyl adjacent to an activating group) is 2. The van der Waals surface area contributed by atoms with E-state index >= 15 is 0 Å². The second-order valence-electron chi connectivity index (χ2n) is 7.72. The lowest BCUT2D eigenvalue weighted by molar-refractivity contribution is -0.140. The highest BCUT2D eigenvalue weighted by Crippen LogP contribution is 2.33. The third-order valence-corrected chi connectivity index (χ3v) is 6.27. The van der Waals surface area contributed by atoms with Gasteiger partial charge in [-0.15, -0.1) is 0 Å². The molecule has 0 spiro atoms. The lowest BCUT2D eigenvalue weighted by Gasteiger charge is -2.21. The first-order chi connectivity index (χ1) is 16.8. The number of Topliss-reactive ketones (excluding diaryl/α,β-unsaturated/α-hetero) is 1. The number of carbonyl (C=O) groups is 4. The Balaban J connectivity index is 2.12. The largest absolute Gasteiger partial charge is 0.353 e. The van der Waals surface area contributed by atoms with Crippen LogP contribution in [-0.4, -0.2) is 61.6 Å². The first kappa shape index (κ1) is 27.6. The second kappa shape index (κ2) is 13.9.